The first-order valence-corrected chi connectivity index (χ1v) is 4.56. The predicted molar refractivity (Wildman–Crippen MR) is 56.6 cm³/mol. The lowest BCUT2D eigenvalue weighted by atomic mass is 10.0. The van der Waals surface area contributed by atoms with Gasteiger partial charge in [-0.1, -0.05) is 18.2 Å². The van der Waals surface area contributed by atoms with Crippen LogP contribution in [0, 0.1) is 18.3 Å². The third-order valence-electron chi connectivity index (χ3n) is 2.00. The van der Waals surface area contributed by atoms with Gasteiger partial charge >= 0.3 is 0 Å². The third-order valence-corrected chi connectivity index (χ3v) is 2.00. The van der Waals surface area contributed by atoms with E-state index in [2.05, 4.69) is 6.07 Å². The fourth-order valence-electron chi connectivity index (χ4n) is 1.17. The molecule has 0 saturated carbocycles. The number of benzene rings is 1. The van der Waals surface area contributed by atoms with Crippen LogP contribution in [0.15, 0.2) is 24.3 Å². The third kappa shape index (κ3) is 2.72. The highest BCUT2D eigenvalue weighted by Crippen LogP contribution is 2.12. The van der Waals surface area contributed by atoms with Gasteiger partial charge in [-0.05, 0) is 36.6 Å². The monoisotopic (exact) mass is 187 g/mol. The van der Waals surface area contributed by atoms with Gasteiger partial charge in [0.05, 0.1) is 11.6 Å². The van der Waals surface area contributed by atoms with Crippen molar-refractivity contribution in [2.45, 2.75) is 13.3 Å². The lowest BCUT2D eigenvalue weighted by Gasteiger charge is -1.99. The smallest absolute Gasteiger partial charge is 0.0991 e. The van der Waals surface area contributed by atoms with Gasteiger partial charge in [-0.25, -0.2) is 0 Å². The lowest BCUT2D eigenvalue weighted by molar-refractivity contribution is 0.303. The number of nitrogens with zero attached hydrogens (tertiary/aromatic N) is 1. The van der Waals surface area contributed by atoms with Crippen molar-refractivity contribution in [3.8, 4) is 6.07 Å². The minimum absolute atomic E-state index is 0.160. The van der Waals surface area contributed by atoms with Gasteiger partial charge in [0.15, 0.2) is 0 Å². The van der Waals surface area contributed by atoms with E-state index in [1.54, 1.807) is 6.07 Å². The molecule has 1 aromatic rings. The Hall–Kier alpha value is -1.59. The van der Waals surface area contributed by atoms with Crippen LogP contribution in [-0.2, 0) is 0 Å². The molecule has 0 fully saturated rings. The van der Waals surface area contributed by atoms with Crippen LogP contribution in [0.2, 0.25) is 0 Å². The van der Waals surface area contributed by atoms with E-state index in [1.165, 1.54) is 0 Å². The Labute approximate surface area is 84.1 Å². The highest BCUT2D eigenvalue weighted by molar-refractivity contribution is 5.56. The molecule has 0 aliphatic heterocycles. The molecule has 0 atom stereocenters. The second-order valence-electron chi connectivity index (χ2n) is 3.10. The summed E-state index contributed by atoms with van der Waals surface area (Å²) in [5, 5.41) is 17.3. The maximum Gasteiger partial charge on any atom is 0.0991 e. The van der Waals surface area contributed by atoms with Gasteiger partial charge in [0, 0.05) is 6.61 Å². The van der Waals surface area contributed by atoms with Crippen LogP contribution in [0.4, 0.5) is 0 Å². The first kappa shape index (κ1) is 10.5. The topological polar surface area (TPSA) is 44.0 Å². The summed E-state index contributed by atoms with van der Waals surface area (Å²) in [4.78, 5) is 0. The van der Waals surface area contributed by atoms with Crippen molar-refractivity contribution in [1.82, 2.24) is 0 Å². The van der Waals surface area contributed by atoms with Crippen LogP contribution in [0.25, 0.3) is 6.08 Å². The summed E-state index contributed by atoms with van der Waals surface area (Å²) in [6.07, 6.45) is 4.49. The van der Waals surface area contributed by atoms with E-state index >= 15 is 0 Å². The van der Waals surface area contributed by atoms with Crippen molar-refractivity contribution in [2.24, 2.45) is 0 Å². The standard InChI is InChI=1S/C12H13NO/c1-10-5-6-11(9-13)8-12(10)4-2-3-7-14/h2,4-6,8,14H,3,7H2,1H3. The summed E-state index contributed by atoms with van der Waals surface area (Å²) in [7, 11) is 0. The summed E-state index contributed by atoms with van der Waals surface area (Å²) in [5.74, 6) is 0. The molecule has 0 aliphatic carbocycles. The summed E-state index contributed by atoms with van der Waals surface area (Å²) in [5.41, 5.74) is 2.84. The zero-order chi connectivity index (χ0) is 10.4. The molecule has 0 spiro atoms. The van der Waals surface area contributed by atoms with Crippen LogP contribution in [0.1, 0.15) is 23.1 Å². The van der Waals surface area contributed by atoms with Crippen LogP contribution in [0.5, 0.6) is 0 Å². The van der Waals surface area contributed by atoms with E-state index < -0.39 is 0 Å². The molecule has 0 amide bonds. The second-order valence-corrected chi connectivity index (χ2v) is 3.10. The van der Waals surface area contributed by atoms with Gasteiger partial charge in [0.25, 0.3) is 0 Å². The Morgan fingerprint density at radius 3 is 2.93 bits per heavy atom. The summed E-state index contributed by atoms with van der Waals surface area (Å²) < 4.78 is 0. The molecular formula is C12H13NO. The van der Waals surface area contributed by atoms with Crippen molar-refractivity contribution in [3.05, 3.63) is 41.0 Å². The van der Waals surface area contributed by atoms with Crippen molar-refractivity contribution < 1.29 is 5.11 Å². The van der Waals surface area contributed by atoms with Crippen molar-refractivity contribution in [3.63, 3.8) is 0 Å². The molecule has 1 rings (SSSR count). The number of rotatable bonds is 3. The van der Waals surface area contributed by atoms with E-state index in [4.69, 9.17) is 10.4 Å². The number of hydrogen-bond donors (Lipinski definition) is 1. The van der Waals surface area contributed by atoms with E-state index in [1.807, 2.05) is 31.2 Å². The molecule has 0 bridgehead atoms. The number of hydrogen-bond acceptors (Lipinski definition) is 2. The minimum Gasteiger partial charge on any atom is -0.396 e. The highest BCUT2D eigenvalue weighted by atomic mass is 16.2. The number of aliphatic hydroxyl groups is 1. The Kier molecular flexibility index (Phi) is 3.90. The Balaban J connectivity index is 2.90. The summed E-state index contributed by atoms with van der Waals surface area (Å²) in [6.45, 7) is 2.16. The Morgan fingerprint density at radius 2 is 2.29 bits per heavy atom. The lowest BCUT2D eigenvalue weighted by Crippen LogP contribution is -1.83. The largest absolute Gasteiger partial charge is 0.396 e. The first-order valence-electron chi connectivity index (χ1n) is 4.56. The average molecular weight is 187 g/mol. The molecule has 14 heavy (non-hydrogen) atoms. The van der Waals surface area contributed by atoms with Gasteiger partial charge in [0.2, 0.25) is 0 Å². The normalized spacial score (nSPS) is 10.4. The molecule has 1 aromatic carbocycles. The van der Waals surface area contributed by atoms with Crippen LogP contribution >= 0.6 is 0 Å². The SMILES string of the molecule is Cc1ccc(C#N)cc1C=CCCO. The molecule has 2 heteroatoms. The second kappa shape index (κ2) is 5.21. The van der Waals surface area contributed by atoms with E-state index in [0.29, 0.717) is 12.0 Å². The molecule has 0 radical (unpaired) electrons. The van der Waals surface area contributed by atoms with Crippen LogP contribution in [0.3, 0.4) is 0 Å². The summed E-state index contributed by atoms with van der Waals surface area (Å²) >= 11 is 0. The molecule has 0 aromatic heterocycles. The molecule has 0 unspecified atom stereocenters. The fraction of sp³-hybridized carbons (Fsp3) is 0.250. The van der Waals surface area contributed by atoms with E-state index in [0.717, 1.165) is 11.1 Å². The molecule has 0 saturated heterocycles. The average Bonchev–Trinajstić information content (AvgIpc) is 2.21. The van der Waals surface area contributed by atoms with Gasteiger partial charge in [-0.2, -0.15) is 5.26 Å². The molecule has 2 nitrogen and oxygen atoms in total. The molecular weight excluding hydrogens is 174 g/mol. The highest BCUT2D eigenvalue weighted by Gasteiger charge is 1.95. The minimum atomic E-state index is 0.160. The quantitative estimate of drug-likeness (QED) is 0.788. The molecule has 0 heterocycles. The summed E-state index contributed by atoms with van der Waals surface area (Å²) in [6, 6.07) is 7.68. The van der Waals surface area contributed by atoms with Crippen molar-refractivity contribution >= 4 is 6.08 Å². The Bertz CT molecular complexity index is 374. The molecule has 0 aliphatic rings. The Morgan fingerprint density at radius 1 is 1.50 bits per heavy atom. The predicted octanol–water partition coefficient (Wildman–Crippen LogP) is 2.26. The van der Waals surface area contributed by atoms with Gasteiger partial charge in [0.1, 0.15) is 0 Å². The number of aryl methyl sites for hydroxylation is 1. The zero-order valence-electron chi connectivity index (χ0n) is 8.20. The van der Waals surface area contributed by atoms with E-state index in [9.17, 15) is 0 Å². The van der Waals surface area contributed by atoms with Crippen molar-refractivity contribution in [1.29, 1.82) is 5.26 Å². The van der Waals surface area contributed by atoms with E-state index in [-0.39, 0.29) is 6.61 Å². The van der Waals surface area contributed by atoms with Crippen LogP contribution < -0.4 is 0 Å². The zero-order valence-corrected chi connectivity index (χ0v) is 8.20. The van der Waals surface area contributed by atoms with Gasteiger partial charge < -0.3 is 5.11 Å². The number of aliphatic hydroxyl groups excluding tert-OH is 1. The number of nitriles is 1. The van der Waals surface area contributed by atoms with Crippen molar-refractivity contribution in [2.75, 3.05) is 6.61 Å². The van der Waals surface area contributed by atoms with Gasteiger partial charge in [-0.15, -0.1) is 0 Å². The molecule has 72 valence electrons. The maximum atomic E-state index is 8.71. The first-order chi connectivity index (χ1) is 6.77. The van der Waals surface area contributed by atoms with Gasteiger partial charge in [-0.3, -0.25) is 0 Å². The maximum absolute atomic E-state index is 8.71. The fourth-order valence-corrected chi connectivity index (χ4v) is 1.17. The van der Waals surface area contributed by atoms with Crippen LogP contribution in [-0.4, -0.2) is 11.7 Å². The molecule has 1 N–H and O–H groups in total.